The Kier molecular flexibility index (Phi) is 3.68. The van der Waals surface area contributed by atoms with Crippen molar-refractivity contribution in [1.29, 1.82) is 0 Å². The van der Waals surface area contributed by atoms with E-state index in [1.807, 2.05) is 11.4 Å². The highest BCUT2D eigenvalue weighted by Crippen LogP contribution is 2.27. The quantitative estimate of drug-likeness (QED) is 0.724. The molecule has 3 rings (SSSR count). The zero-order valence-corrected chi connectivity index (χ0v) is 12.6. The van der Waals surface area contributed by atoms with E-state index in [1.165, 1.54) is 5.56 Å². The van der Waals surface area contributed by atoms with Gasteiger partial charge in [-0.1, -0.05) is 0 Å². The Morgan fingerprint density at radius 1 is 1.32 bits per heavy atom. The molecule has 1 unspecified atom stereocenters. The summed E-state index contributed by atoms with van der Waals surface area (Å²) in [5.74, 6) is 0.818. The van der Waals surface area contributed by atoms with Crippen molar-refractivity contribution < 1.29 is 0 Å². The van der Waals surface area contributed by atoms with E-state index in [0.717, 1.165) is 22.5 Å². The summed E-state index contributed by atoms with van der Waals surface area (Å²) < 4.78 is 0. The van der Waals surface area contributed by atoms with Gasteiger partial charge in [-0.3, -0.25) is 0 Å². The van der Waals surface area contributed by atoms with E-state index in [0.29, 0.717) is 11.3 Å². The molecule has 3 nitrogen and oxygen atoms in total. The van der Waals surface area contributed by atoms with Crippen LogP contribution in [-0.2, 0) is 6.42 Å². The molecule has 0 saturated heterocycles. The predicted molar refractivity (Wildman–Crippen MR) is 83.5 cm³/mol. The van der Waals surface area contributed by atoms with Gasteiger partial charge in [0.05, 0.1) is 5.39 Å². The van der Waals surface area contributed by atoms with Crippen molar-refractivity contribution in [2.24, 2.45) is 0 Å². The molecule has 0 saturated carbocycles. The molecule has 3 aromatic heterocycles. The summed E-state index contributed by atoms with van der Waals surface area (Å²) in [7, 11) is 0. The number of nitrogens with zero attached hydrogens (tertiary/aromatic N) is 2. The van der Waals surface area contributed by atoms with Crippen molar-refractivity contribution in [3.8, 4) is 0 Å². The number of thiophene rings is 2. The molecule has 0 bridgehead atoms. The highest BCUT2D eigenvalue weighted by molar-refractivity contribution is 7.16. The van der Waals surface area contributed by atoms with E-state index < -0.39 is 0 Å². The Hall–Kier alpha value is -1.17. The minimum absolute atomic E-state index is 0.292. The molecule has 0 aliphatic heterocycles. The molecule has 0 aromatic carbocycles. The van der Waals surface area contributed by atoms with E-state index in [2.05, 4.69) is 39.0 Å². The monoisotopic (exact) mass is 309 g/mol. The molecule has 0 spiro atoms. The van der Waals surface area contributed by atoms with Crippen LogP contribution >= 0.6 is 34.3 Å². The first-order valence-electron chi connectivity index (χ1n) is 5.91. The third-order valence-electron chi connectivity index (χ3n) is 2.80. The van der Waals surface area contributed by atoms with Gasteiger partial charge < -0.3 is 5.32 Å². The minimum Gasteiger partial charge on any atom is -0.367 e. The van der Waals surface area contributed by atoms with Crippen LogP contribution in [-0.4, -0.2) is 16.0 Å². The fourth-order valence-corrected chi connectivity index (χ4v) is 3.65. The van der Waals surface area contributed by atoms with Gasteiger partial charge in [0.25, 0.3) is 0 Å². The topological polar surface area (TPSA) is 37.8 Å². The Morgan fingerprint density at radius 3 is 3.00 bits per heavy atom. The molecule has 0 radical (unpaired) electrons. The molecule has 6 heteroatoms. The number of halogens is 1. The van der Waals surface area contributed by atoms with Gasteiger partial charge >= 0.3 is 0 Å². The van der Waals surface area contributed by atoms with E-state index in [4.69, 9.17) is 11.6 Å². The maximum absolute atomic E-state index is 5.95. The summed E-state index contributed by atoms with van der Waals surface area (Å²) >= 11 is 9.25. The smallest absolute Gasteiger partial charge is 0.225 e. The Bertz CT molecular complexity index is 678. The summed E-state index contributed by atoms with van der Waals surface area (Å²) in [5.41, 5.74) is 1.34. The van der Waals surface area contributed by atoms with Crippen LogP contribution in [0.25, 0.3) is 10.2 Å². The number of aromatic nitrogens is 2. The molecular weight excluding hydrogens is 298 g/mol. The molecule has 3 heterocycles. The zero-order valence-electron chi connectivity index (χ0n) is 10.3. The lowest BCUT2D eigenvalue weighted by molar-refractivity contribution is 0.788. The molecule has 1 N–H and O–H groups in total. The van der Waals surface area contributed by atoms with Crippen LogP contribution in [0.4, 0.5) is 5.82 Å². The van der Waals surface area contributed by atoms with Gasteiger partial charge in [0.15, 0.2) is 0 Å². The number of hydrogen-bond acceptors (Lipinski definition) is 5. The fourth-order valence-electron chi connectivity index (χ4n) is 1.99. The number of hydrogen-bond donors (Lipinski definition) is 1. The molecule has 98 valence electrons. The van der Waals surface area contributed by atoms with Gasteiger partial charge in [-0.05, 0) is 58.8 Å². The van der Waals surface area contributed by atoms with E-state index in [9.17, 15) is 0 Å². The normalized spacial score (nSPS) is 12.7. The molecule has 19 heavy (non-hydrogen) atoms. The van der Waals surface area contributed by atoms with Crippen molar-refractivity contribution in [1.82, 2.24) is 9.97 Å². The highest BCUT2D eigenvalue weighted by atomic mass is 35.5. The first kappa shape index (κ1) is 12.8. The molecular formula is C13H12ClN3S2. The number of anilines is 1. The largest absolute Gasteiger partial charge is 0.367 e. The average Bonchev–Trinajstić information content (AvgIpc) is 2.99. The first-order chi connectivity index (χ1) is 9.22. The Labute approximate surface area is 124 Å². The van der Waals surface area contributed by atoms with Crippen molar-refractivity contribution in [2.75, 3.05) is 5.32 Å². The predicted octanol–water partition coefficient (Wildman–Crippen LogP) is 4.45. The van der Waals surface area contributed by atoms with Gasteiger partial charge in [0.2, 0.25) is 5.28 Å². The highest BCUT2D eigenvalue weighted by Gasteiger charge is 2.11. The fraction of sp³-hybridized carbons (Fsp3) is 0.231. The van der Waals surface area contributed by atoms with E-state index in [-0.39, 0.29) is 0 Å². The lowest BCUT2D eigenvalue weighted by Crippen LogP contribution is -2.18. The van der Waals surface area contributed by atoms with Crippen molar-refractivity contribution in [3.05, 3.63) is 39.1 Å². The molecule has 1 atom stereocenters. The van der Waals surface area contributed by atoms with Gasteiger partial charge in [-0.25, -0.2) is 9.97 Å². The van der Waals surface area contributed by atoms with Crippen LogP contribution in [0, 0.1) is 0 Å². The number of nitrogens with one attached hydrogen (secondary N) is 1. The standard InChI is InChI=1S/C13H12ClN3S2/c1-8(6-9-2-4-18-7-9)15-11-10-3-5-19-12(10)17-13(14)16-11/h2-5,7-8H,6H2,1H3,(H,15,16,17). The first-order valence-corrected chi connectivity index (χ1v) is 8.11. The summed E-state index contributed by atoms with van der Waals surface area (Å²) in [4.78, 5) is 9.43. The summed E-state index contributed by atoms with van der Waals surface area (Å²) in [6, 6.07) is 4.47. The van der Waals surface area contributed by atoms with Crippen LogP contribution in [0.15, 0.2) is 28.3 Å². The van der Waals surface area contributed by atoms with Crippen LogP contribution in [0.3, 0.4) is 0 Å². The van der Waals surface area contributed by atoms with Gasteiger partial charge in [0, 0.05) is 6.04 Å². The van der Waals surface area contributed by atoms with Gasteiger partial charge in [0.1, 0.15) is 10.6 Å². The molecule has 0 amide bonds. The van der Waals surface area contributed by atoms with Crippen LogP contribution in [0.2, 0.25) is 5.28 Å². The second-order valence-corrected chi connectivity index (χ2v) is 6.37. The third-order valence-corrected chi connectivity index (χ3v) is 4.51. The minimum atomic E-state index is 0.292. The maximum Gasteiger partial charge on any atom is 0.225 e. The summed E-state index contributed by atoms with van der Waals surface area (Å²) in [6.07, 6.45) is 0.969. The van der Waals surface area contributed by atoms with Gasteiger partial charge in [-0.15, -0.1) is 11.3 Å². The van der Waals surface area contributed by atoms with Crippen molar-refractivity contribution in [2.45, 2.75) is 19.4 Å². The van der Waals surface area contributed by atoms with Crippen LogP contribution in [0.5, 0.6) is 0 Å². The number of rotatable bonds is 4. The lowest BCUT2D eigenvalue weighted by atomic mass is 10.1. The SMILES string of the molecule is CC(Cc1ccsc1)Nc1nc(Cl)nc2sccc12. The maximum atomic E-state index is 5.95. The lowest BCUT2D eigenvalue weighted by Gasteiger charge is -2.14. The third kappa shape index (κ3) is 2.88. The zero-order chi connectivity index (χ0) is 13.2. The van der Waals surface area contributed by atoms with Crippen LogP contribution < -0.4 is 5.32 Å². The summed E-state index contributed by atoms with van der Waals surface area (Å²) in [5, 5.41) is 11.0. The van der Waals surface area contributed by atoms with Crippen molar-refractivity contribution in [3.63, 3.8) is 0 Å². The average molecular weight is 310 g/mol. The Balaban J connectivity index is 1.82. The molecule has 0 aliphatic carbocycles. The molecule has 0 fully saturated rings. The molecule has 3 aromatic rings. The van der Waals surface area contributed by atoms with E-state index in [1.54, 1.807) is 22.7 Å². The van der Waals surface area contributed by atoms with Crippen LogP contribution in [0.1, 0.15) is 12.5 Å². The van der Waals surface area contributed by atoms with Gasteiger partial charge in [-0.2, -0.15) is 11.3 Å². The van der Waals surface area contributed by atoms with Crippen molar-refractivity contribution >= 4 is 50.3 Å². The second kappa shape index (κ2) is 5.45. The summed E-state index contributed by atoms with van der Waals surface area (Å²) in [6.45, 7) is 2.14. The molecule has 0 aliphatic rings. The Morgan fingerprint density at radius 2 is 2.21 bits per heavy atom. The second-order valence-electron chi connectivity index (χ2n) is 4.36. The van der Waals surface area contributed by atoms with E-state index >= 15 is 0 Å². The number of fused-ring (bicyclic) bond motifs is 1.